The standard InChI is InChI=1S/C13H18FN/c1-15-9-12-7-6-10(12)8-11-4-2-3-5-13(11)14/h2-5,10,12,15H,6-9H2,1H3. The monoisotopic (exact) mass is 207 g/mol. The van der Waals surface area contributed by atoms with Crippen molar-refractivity contribution >= 4 is 0 Å². The van der Waals surface area contributed by atoms with E-state index in [1.807, 2.05) is 19.2 Å². The first kappa shape index (κ1) is 10.6. The molecule has 1 fully saturated rings. The minimum atomic E-state index is -0.0485. The van der Waals surface area contributed by atoms with Crippen molar-refractivity contribution in [2.24, 2.45) is 11.8 Å². The van der Waals surface area contributed by atoms with E-state index in [1.165, 1.54) is 12.8 Å². The van der Waals surface area contributed by atoms with Gasteiger partial charge in [0.05, 0.1) is 0 Å². The number of benzene rings is 1. The molecule has 1 aromatic rings. The molecule has 2 rings (SSSR count). The molecule has 15 heavy (non-hydrogen) atoms. The Morgan fingerprint density at radius 1 is 1.27 bits per heavy atom. The average Bonchev–Trinajstić information content (AvgIpc) is 2.23. The van der Waals surface area contributed by atoms with Gasteiger partial charge in [-0.2, -0.15) is 0 Å². The maximum Gasteiger partial charge on any atom is 0.126 e. The summed E-state index contributed by atoms with van der Waals surface area (Å²) in [6.07, 6.45) is 3.44. The Morgan fingerprint density at radius 3 is 2.60 bits per heavy atom. The third-order valence-electron chi connectivity index (χ3n) is 3.48. The zero-order chi connectivity index (χ0) is 10.7. The van der Waals surface area contributed by atoms with Gasteiger partial charge >= 0.3 is 0 Å². The number of hydrogen-bond donors (Lipinski definition) is 1. The van der Waals surface area contributed by atoms with Crippen LogP contribution in [0.5, 0.6) is 0 Å². The van der Waals surface area contributed by atoms with Crippen molar-refractivity contribution in [2.45, 2.75) is 19.3 Å². The van der Waals surface area contributed by atoms with Crippen molar-refractivity contribution in [3.8, 4) is 0 Å². The Balaban J connectivity index is 1.95. The maximum absolute atomic E-state index is 13.4. The lowest BCUT2D eigenvalue weighted by molar-refractivity contribution is 0.172. The van der Waals surface area contributed by atoms with Gasteiger partial charge in [0, 0.05) is 0 Å². The molecule has 82 valence electrons. The molecule has 0 spiro atoms. The molecule has 0 heterocycles. The predicted molar refractivity (Wildman–Crippen MR) is 60.2 cm³/mol. The largest absolute Gasteiger partial charge is 0.319 e. The van der Waals surface area contributed by atoms with Crippen molar-refractivity contribution in [1.29, 1.82) is 0 Å². The molecule has 1 nitrogen and oxygen atoms in total. The summed E-state index contributed by atoms with van der Waals surface area (Å²) >= 11 is 0. The lowest BCUT2D eigenvalue weighted by Gasteiger charge is -2.36. The van der Waals surface area contributed by atoms with Gasteiger partial charge in [-0.25, -0.2) is 4.39 Å². The number of halogens is 1. The minimum absolute atomic E-state index is 0.0485. The average molecular weight is 207 g/mol. The molecular formula is C13H18FN. The summed E-state index contributed by atoms with van der Waals surface area (Å²) in [6.45, 7) is 1.07. The molecule has 1 saturated carbocycles. The van der Waals surface area contributed by atoms with E-state index in [0.29, 0.717) is 5.92 Å². The molecule has 2 atom stereocenters. The molecule has 0 aliphatic heterocycles. The first-order valence-electron chi connectivity index (χ1n) is 5.69. The van der Waals surface area contributed by atoms with E-state index in [-0.39, 0.29) is 5.82 Å². The first-order valence-corrected chi connectivity index (χ1v) is 5.69. The minimum Gasteiger partial charge on any atom is -0.319 e. The molecule has 1 aliphatic carbocycles. The fraction of sp³-hybridized carbons (Fsp3) is 0.538. The van der Waals surface area contributed by atoms with Crippen molar-refractivity contribution in [3.63, 3.8) is 0 Å². The lowest BCUT2D eigenvalue weighted by atomic mass is 9.70. The van der Waals surface area contributed by atoms with Crippen LogP contribution in [-0.2, 0) is 6.42 Å². The molecule has 0 bridgehead atoms. The van der Waals surface area contributed by atoms with Crippen LogP contribution in [0, 0.1) is 17.7 Å². The van der Waals surface area contributed by atoms with Gasteiger partial charge in [0.25, 0.3) is 0 Å². The van der Waals surface area contributed by atoms with Crippen LogP contribution < -0.4 is 5.32 Å². The van der Waals surface area contributed by atoms with Crippen LogP contribution in [-0.4, -0.2) is 13.6 Å². The third kappa shape index (κ3) is 2.37. The lowest BCUT2D eigenvalue weighted by Crippen LogP contribution is -2.35. The van der Waals surface area contributed by atoms with Crippen molar-refractivity contribution in [2.75, 3.05) is 13.6 Å². The molecule has 0 saturated heterocycles. The summed E-state index contributed by atoms with van der Waals surface area (Å²) in [5, 5.41) is 3.21. The van der Waals surface area contributed by atoms with Crippen molar-refractivity contribution in [1.82, 2.24) is 5.32 Å². The van der Waals surface area contributed by atoms with Gasteiger partial charge in [-0.1, -0.05) is 18.2 Å². The molecule has 2 unspecified atom stereocenters. The number of nitrogens with one attached hydrogen (secondary N) is 1. The Bertz CT molecular complexity index is 324. The summed E-state index contributed by atoms with van der Waals surface area (Å²) in [7, 11) is 1.98. The molecule has 0 radical (unpaired) electrons. The normalized spacial score (nSPS) is 24.9. The Hall–Kier alpha value is -0.890. The highest BCUT2D eigenvalue weighted by Gasteiger charge is 2.30. The fourth-order valence-corrected chi connectivity index (χ4v) is 2.38. The van der Waals surface area contributed by atoms with E-state index in [2.05, 4.69) is 5.32 Å². The predicted octanol–water partition coefficient (Wildman–Crippen LogP) is 2.61. The maximum atomic E-state index is 13.4. The summed E-state index contributed by atoms with van der Waals surface area (Å²) in [5.41, 5.74) is 0.878. The summed E-state index contributed by atoms with van der Waals surface area (Å²) in [6, 6.07) is 7.14. The zero-order valence-electron chi connectivity index (χ0n) is 9.17. The van der Waals surface area contributed by atoms with Crippen molar-refractivity contribution in [3.05, 3.63) is 35.6 Å². The van der Waals surface area contributed by atoms with E-state index in [4.69, 9.17) is 0 Å². The van der Waals surface area contributed by atoms with Crippen LogP contribution >= 0.6 is 0 Å². The Kier molecular flexibility index (Phi) is 3.37. The van der Waals surface area contributed by atoms with Gasteiger partial charge in [-0.15, -0.1) is 0 Å². The topological polar surface area (TPSA) is 12.0 Å². The highest BCUT2D eigenvalue weighted by molar-refractivity contribution is 5.18. The van der Waals surface area contributed by atoms with E-state index >= 15 is 0 Å². The van der Waals surface area contributed by atoms with Gasteiger partial charge in [0.15, 0.2) is 0 Å². The molecule has 1 aromatic carbocycles. The quantitative estimate of drug-likeness (QED) is 0.800. The fourth-order valence-electron chi connectivity index (χ4n) is 2.38. The molecule has 2 heteroatoms. The summed E-state index contributed by atoms with van der Waals surface area (Å²) in [5.74, 6) is 1.37. The van der Waals surface area contributed by atoms with Crippen LogP contribution in [0.3, 0.4) is 0 Å². The Morgan fingerprint density at radius 2 is 2.00 bits per heavy atom. The third-order valence-corrected chi connectivity index (χ3v) is 3.48. The highest BCUT2D eigenvalue weighted by Crippen LogP contribution is 2.36. The van der Waals surface area contributed by atoms with Gasteiger partial charge in [0.1, 0.15) is 5.82 Å². The van der Waals surface area contributed by atoms with Gasteiger partial charge < -0.3 is 5.32 Å². The SMILES string of the molecule is CNCC1CCC1Cc1ccccc1F. The summed E-state index contributed by atoms with van der Waals surface area (Å²) < 4.78 is 13.4. The van der Waals surface area contributed by atoms with Crippen molar-refractivity contribution < 1.29 is 4.39 Å². The first-order chi connectivity index (χ1) is 7.31. The molecule has 1 N–H and O–H groups in total. The second-order valence-electron chi connectivity index (χ2n) is 4.45. The zero-order valence-corrected chi connectivity index (χ0v) is 9.17. The van der Waals surface area contributed by atoms with Crippen LogP contribution in [0.25, 0.3) is 0 Å². The van der Waals surface area contributed by atoms with E-state index in [9.17, 15) is 4.39 Å². The molecular weight excluding hydrogens is 189 g/mol. The van der Waals surface area contributed by atoms with E-state index < -0.39 is 0 Å². The van der Waals surface area contributed by atoms with Crippen LogP contribution in [0.15, 0.2) is 24.3 Å². The number of hydrogen-bond acceptors (Lipinski definition) is 1. The van der Waals surface area contributed by atoms with Crippen LogP contribution in [0.1, 0.15) is 18.4 Å². The number of rotatable bonds is 4. The second kappa shape index (κ2) is 4.75. The Labute approximate surface area is 90.7 Å². The van der Waals surface area contributed by atoms with Crippen LogP contribution in [0.2, 0.25) is 0 Å². The van der Waals surface area contributed by atoms with Gasteiger partial charge in [-0.3, -0.25) is 0 Å². The van der Waals surface area contributed by atoms with E-state index in [0.717, 1.165) is 24.4 Å². The summed E-state index contributed by atoms with van der Waals surface area (Å²) in [4.78, 5) is 0. The molecule has 0 aromatic heterocycles. The highest BCUT2D eigenvalue weighted by atomic mass is 19.1. The smallest absolute Gasteiger partial charge is 0.126 e. The van der Waals surface area contributed by atoms with E-state index in [1.54, 1.807) is 12.1 Å². The van der Waals surface area contributed by atoms with Crippen LogP contribution in [0.4, 0.5) is 4.39 Å². The molecule has 0 amide bonds. The second-order valence-corrected chi connectivity index (χ2v) is 4.45. The van der Waals surface area contributed by atoms with Gasteiger partial charge in [0.2, 0.25) is 0 Å². The van der Waals surface area contributed by atoms with Gasteiger partial charge in [-0.05, 0) is 56.3 Å². The molecule has 1 aliphatic rings.